The molecule has 0 N–H and O–H groups in total. The number of esters is 1. The fraction of sp³-hybridized carbons (Fsp3) is 0.632. The van der Waals surface area contributed by atoms with Crippen molar-refractivity contribution in [2.45, 2.75) is 41.0 Å². The Hall–Kier alpha value is -1.91. The van der Waals surface area contributed by atoms with Crippen LogP contribution in [0.2, 0.25) is 0 Å². The van der Waals surface area contributed by atoms with E-state index in [4.69, 9.17) is 4.74 Å². The summed E-state index contributed by atoms with van der Waals surface area (Å²) in [6.45, 7) is 11.3. The zero-order valence-corrected chi connectivity index (χ0v) is 16.1. The van der Waals surface area contributed by atoms with E-state index in [2.05, 4.69) is 35.9 Å². The molecule has 5 heteroatoms. The van der Waals surface area contributed by atoms with Crippen LogP contribution in [0.1, 0.15) is 41.0 Å². The first-order chi connectivity index (χ1) is 11.2. The monoisotopic (exact) mass is 333 g/mol. The van der Waals surface area contributed by atoms with Crippen LogP contribution in [0.5, 0.6) is 0 Å². The van der Waals surface area contributed by atoms with Gasteiger partial charge in [0.2, 0.25) is 0 Å². The van der Waals surface area contributed by atoms with Crippen LogP contribution in [-0.4, -0.2) is 33.2 Å². The first kappa shape index (κ1) is 20.1. The minimum absolute atomic E-state index is 0.0976. The lowest BCUT2D eigenvalue weighted by molar-refractivity contribution is -0.160. The number of ether oxygens (including phenoxy) is 1. The van der Waals surface area contributed by atoms with Gasteiger partial charge in [0.15, 0.2) is 0 Å². The summed E-state index contributed by atoms with van der Waals surface area (Å²) in [4.78, 5) is 14.5. The van der Waals surface area contributed by atoms with Crippen LogP contribution in [0, 0.1) is 10.8 Å². The van der Waals surface area contributed by atoms with Crippen LogP contribution in [0.25, 0.3) is 0 Å². The van der Waals surface area contributed by atoms with Gasteiger partial charge in [0.1, 0.15) is 6.61 Å². The molecule has 24 heavy (non-hydrogen) atoms. The maximum atomic E-state index is 12.4. The summed E-state index contributed by atoms with van der Waals surface area (Å²) >= 11 is 0. The van der Waals surface area contributed by atoms with Crippen LogP contribution in [0.4, 0.5) is 11.4 Å². The van der Waals surface area contributed by atoms with Gasteiger partial charge in [0.25, 0.3) is 0 Å². The van der Waals surface area contributed by atoms with E-state index in [9.17, 15) is 4.79 Å². The van der Waals surface area contributed by atoms with E-state index in [1.807, 2.05) is 45.2 Å². The van der Waals surface area contributed by atoms with Crippen molar-refractivity contribution < 1.29 is 9.53 Å². The fourth-order valence-corrected chi connectivity index (χ4v) is 2.19. The number of azo groups is 1. The number of nitrogens with zero attached hydrogens (tertiary/aromatic N) is 3. The van der Waals surface area contributed by atoms with Gasteiger partial charge in [-0.15, -0.1) is 0 Å². The molecule has 0 aromatic heterocycles. The molecule has 0 aliphatic rings. The normalized spacial score (nSPS) is 12.5. The third kappa shape index (κ3) is 4.79. The molecular weight excluding hydrogens is 302 g/mol. The van der Waals surface area contributed by atoms with Crippen molar-refractivity contribution >= 4 is 17.3 Å². The largest absolute Gasteiger partial charge is 0.463 e. The highest BCUT2D eigenvalue weighted by atomic mass is 16.5. The van der Waals surface area contributed by atoms with E-state index >= 15 is 0 Å². The summed E-state index contributed by atoms with van der Waals surface area (Å²) < 4.78 is 5.54. The van der Waals surface area contributed by atoms with Crippen LogP contribution in [0.3, 0.4) is 0 Å². The lowest BCUT2D eigenvalue weighted by Gasteiger charge is -2.38. The number of carbonyl (C=O) groups is 1. The van der Waals surface area contributed by atoms with Crippen LogP contribution in [-0.2, 0) is 9.53 Å². The predicted molar refractivity (Wildman–Crippen MR) is 99.0 cm³/mol. The molecule has 0 atom stereocenters. The van der Waals surface area contributed by atoms with Gasteiger partial charge in [-0.05, 0) is 49.9 Å². The molecule has 0 unspecified atom stereocenters. The topological polar surface area (TPSA) is 54.3 Å². The second-order valence-electron chi connectivity index (χ2n) is 7.24. The highest BCUT2D eigenvalue weighted by molar-refractivity contribution is 5.77. The molecule has 1 aromatic carbocycles. The molecule has 0 heterocycles. The van der Waals surface area contributed by atoms with E-state index in [-0.39, 0.29) is 11.4 Å². The summed E-state index contributed by atoms with van der Waals surface area (Å²) in [5.74, 6) is -0.138. The Kier molecular flexibility index (Phi) is 6.93. The third-order valence-electron chi connectivity index (χ3n) is 5.25. The molecule has 1 rings (SSSR count). The minimum atomic E-state index is -0.507. The van der Waals surface area contributed by atoms with Gasteiger partial charge in [0.05, 0.1) is 17.6 Å². The summed E-state index contributed by atoms with van der Waals surface area (Å²) in [5.41, 5.74) is 1.27. The standard InChI is InChI=1S/C19H31N3O2/c1-8-18(2,3)19(4,5)17(23)24-14-13-22(7)16-11-9-15(10-12-16)21-20-6/h9-12H,8,13-14H2,1-7H3. The lowest BCUT2D eigenvalue weighted by atomic mass is 9.66. The maximum absolute atomic E-state index is 12.4. The van der Waals surface area contributed by atoms with E-state index in [1.54, 1.807) is 7.05 Å². The van der Waals surface area contributed by atoms with Gasteiger partial charge in [-0.3, -0.25) is 4.79 Å². The molecular formula is C19H31N3O2. The number of likely N-dealkylation sites (N-methyl/N-ethyl adjacent to an activating group) is 1. The summed E-state index contributed by atoms with van der Waals surface area (Å²) in [6.07, 6.45) is 0.927. The van der Waals surface area contributed by atoms with Crippen molar-refractivity contribution in [1.82, 2.24) is 0 Å². The molecule has 5 nitrogen and oxygen atoms in total. The zero-order valence-electron chi connectivity index (χ0n) is 16.1. The van der Waals surface area contributed by atoms with E-state index in [0.717, 1.165) is 17.8 Å². The van der Waals surface area contributed by atoms with E-state index in [1.165, 1.54) is 0 Å². The van der Waals surface area contributed by atoms with Gasteiger partial charge in [-0.1, -0.05) is 20.8 Å². The Labute approximate surface area is 146 Å². The van der Waals surface area contributed by atoms with E-state index < -0.39 is 5.41 Å². The Morgan fingerprint density at radius 2 is 1.75 bits per heavy atom. The summed E-state index contributed by atoms with van der Waals surface area (Å²) in [5, 5.41) is 7.74. The second kappa shape index (κ2) is 8.27. The van der Waals surface area contributed by atoms with Crippen LogP contribution in [0.15, 0.2) is 34.5 Å². The van der Waals surface area contributed by atoms with Crippen molar-refractivity contribution in [2.75, 3.05) is 32.1 Å². The van der Waals surface area contributed by atoms with Crippen molar-refractivity contribution in [1.29, 1.82) is 0 Å². The number of hydrogen-bond donors (Lipinski definition) is 0. The Balaban J connectivity index is 2.56. The van der Waals surface area contributed by atoms with Crippen LogP contribution >= 0.6 is 0 Å². The Morgan fingerprint density at radius 3 is 2.25 bits per heavy atom. The minimum Gasteiger partial charge on any atom is -0.463 e. The highest BCUT2D eigenvalue weighted by Crippen LogP contribution is 2.42. The van der Waals surface area contributed by atoms with Crippen LogP contribution < -0.4 is 4.90 Å². The Bertz CT molecular complexity index is 562. The van der Waals surface area contributed by atoms with E-state index in [0.29, 0.717) is 13.2 Å². The molecule has 1 aromatic rings. The molecule has 0 radical (unpaired) electrons. The highest BCUT2D eigenvalue weighted by Gasteiger charge is 2.43. The molecule has 0 aliphatic heterocycles. The molecule has 0 saturated heterocycles. The van der Waals surface area contributed by atoms with Gasteiger partial charge in [0, 0.05) is 19.8 Å². The third-order valence-corrected chi connectivity index (χ3v) is 5.25. The van der Waals surface area contributed by atoms with Gasteiger partial charge >= 0.3 is 5.97 Å². The van der Waals surface area contributed by atoms with Crippen molar-refractivity contribution in [3.8, 4) is 0 Å². The number of anilines is 1. The quantitative estimate of drug-likeness (QED) is 0.505. The maximum Gasteiger partial charge on any atom is 0.312 e. The SMILES string of the molecule is CCC(C)(C)C(C)(C)C(=O)OCCN(C)c1ccc(N=NC)cc1. The second-order valence-corrected chi connectivity index (χ2v) is 7.24. The number of rotatable bonds is 8. The predicted octanol–water partition coefficient (Wildman–Crippen LogP) is 4.84. The zero-order chi connectivity index (χ0) is 18.4. The van der Waals surface area contributed by atoms with Crippen molar-refractivity contribution in [3.63, 3.8) is 0 Å². The average molecular weight is 333 g/mol. The lowest BCUT2D eigenvalue weighted by Crippen LogP contribution is -2.41. The van der Waals surface area contributed by atoms with Gasteiger partial charge in [-0.25, -0.2) is 0 Å². The molecule has 0 saturated carbocycles. The Morgan fingerprint density at radius 1 is 1.17 bits per heavy atom. The smallest absolute Gasteiger partial charge is 0.312 e. The molecule has 0 amide bonds. The van der Waals surface area contributed by atoms with Crippen molar-refractivity contribution in [2.24, 2.45) is 21.1 Å². The molecule has 0 aliphatic carbocycles. The molecule has 0 bridgehead atoms. The number of carbonyl (C=O) groups excluding carboxylic acids is 1. The summed E-state index contributed by atoms with van der Waals surface area (Å²) in [6, 6.07) is 7.79. The number of benzene rings is 1. The average Bonchev–Trinajstić information content (AvgIpc) is 2.55. The van der Waals surface area contributed by atoms with Gasteiger partial charge in [-0.2, -0.15) is 10.2 Å². The summed E-state index contributed by atoms with van der Waals surface area (Å²) in [7, 11) is 3.63. The fourth-order valence-electron chi connectivity index (χ4n) is 2.19. The molecule has 134 valence electrons. The van der Waals surface area contributed by atoms with Gasteiger partial charge < -0.3 is 9.64 Å². The van der Waals surface area contributed by atoms with Crippen molar-refractivity contribution in [3.05, 3.63) is 24.3 Å². The molecule has 0 spiro atoms. The molecule has 0 fully saturated rings. The first-order valence-corrected chi connectivity index (χ1v) is 8.44. The first-order valence-electron chi connectivity index (χ1n) is 8.44. The number of hydrogen-bond acceptors (Lipinski definition) is 5.